The Labute approximate surface area is 164 Å². The van der Waals surface area contributed by atoms with Crippen LogP contribution in [0.25, 0.3) is 10.6 Å². The van der Waals surface area contributed by atoms with E-state index in [0.717, 1.165) is 42.4 Å². The predicted molar refractivity (Wildman–Crippen MR) is 109 cm³/mol. The molecule has 1 aromatic carbocycles. The van der Waals surface area contributed by atoms with Crippen molar-refractivity contribution >= 4 is 17.2 Å². The van der Waals surface area contributed by atoms with Crippen molar-refractivity contribution in [1.29, 1.82) is 0 Å². The number of hydrogen-bond donors (Lipinski definition) is 2. The van der Waals surface area contributed by atoms with Crippen LogP contribution in [-0.2, 0) is 6.54 Å². The van der Waals surface area contributed by atoms with Gasteiger partial charge < -0.3 is 10.8 Å². The maximum Gasteiger partial charge on any atom is 0.248 e. The van der Waals surface area contributed by atoms with Crippen molar-refractivity contribution in [2.24, 2.45) is 5.73 Å². The molecule has 27 heavy (non-hydrogen) atoms. The second-order valence-corrected chi connectivity index (χ2v) is 8.81. The van der Waals surface area contributed by atoms with Crippen LogP contribution in [0.4, 0.5) is 0 Å². The van der Waals surface area contributed by atoms with Gasteiger partial charge in [0.1, 0.15) is 5.01 Å². The lowest BCUT2D eigenvalue weighted by molar-refractivity contribution is 0.00175. The topological polar surface area (TPSA) is 82.7 Å². The highest BCUT2D eigenvalue weighted by Gasteiger charge is 2.27. The molecule has 0 saturated carbocycles. The van der Waals surface area contributed by atoms with Crippen molar-refractivity contribution in [2.45, 2.75) is 39.0 Å². The standard InChI is InChI=1S/C20H28N4O2S/c1-14-10-23(13-20(2,3)26)8-9-24(14)11-17-12-27-19(22-17)16-6-4-15(5-7-16)18(21)25/h4-7,12,14,26H,8-11,13H2,1-3H3,(H2,21,25). The summed E-state index contributed by atoms with van der Waals surface area (Å²) < 4.78 is 0. The molecule has 1 fully saturated rings. The third-order valence-electron chi connectivity index (χ3n) is 4.79. The molecule has 1 atom stereocenters. The lowest BCUT2D eigenvalue weighted by atomic mass is 10.1. The average Bonchev–Trinajstić information content (AvgIpc) is 3.04. The predicted octanol–water partition coefficient (Wildman–Crippen LogP) is 2.19. The Kier molecular flexibility index (Phi) is 5.95. The van der Waals surface area contributed by atoms with Crippen molar-refractivity contribution < 1.29 is 9.90 Å². The molecular formula is C20H28N4O2S. The summed E-state index contributed by atoms with van der Waals surface area (Å²) in [5.74, 6) is -0.418. The zero-order valence-corrected chi connectivity index (χ0v) is 17.0. The van der Waals surface area contributed by atoms with Crippen molar-refractivity contribution in [3.8, 4) is 10.6 Å². The molecule has 0 bridgehead atoms. The number of hydrogen-bond acceptors (Lipinski definition) is 6. The molecule has 3 rings (SSSR count). The Morgan fingerprint density at radius 2 is 2.04 bits per heavy atom. The van der Waals surface area contributed by atoms with Crippen molar-refractivity contribution in [2.75, 3.05) is 26.2 Å². The second-order valence-electron chi connectivity index (χ2n) is 7.95. The van der Waals surface area contributed by atoms with Crippen molar-refractivity contribution in [3.63, 3.8) is 0 Å². The van der Waals surface area contributed by atoms with E-state index in [1.165, 1.54) is 0 Å². The van der Waals surface area contributed by atoms with Gasteiger partial charge in [0.2, 0.25) is 5.91 Å². The fraction of sp³-hybridized carbons (Fsp3) is 0.500. The van der Waals surface area contributed by atoms with Crippen LogP contribution in [0.15, 0.2) is 29.6 Å². The summed E-state index contributed by atoms with van der Waals surface area (Å²) in [5, 5.41) is 13.1. The first-order valence-corrected chi connectivity index (χ1v) is 10.1. The third-order valence-corrected chi connectivity index (χ3v) is 5.73. The average molecular weight is 389 g/mol. The van der Waals surface area contributed by atoms with Gasteiger partial charge in [0.25, 0.3) is 0 Å². The maximum absolute atomic E-state index is 11.2. The summed E-state index contributed by atoms with van der Waals surface area (Å²) in [6, 6.07) is 7.67. The van der Waals surface area contributed by atoms with Crippen LogP contribution in [0.5, 0.6) is 0 Å². The number of thiazole rings is 1. The molecular weight excluding hydrogens is 360 g/mol. The molecule has 3 N–H and O–H groups in total. The minimum absolute atomic E-state index is 0.418. The van der Waals surface area contributed by atoms with Gasteiger partial charge in [-0.3, -0.25) is 14.6 Å². The maximum atomic E-state index is 11.2. The van der Waals surface area contributed by atoms with E-state index in [-0.39, 0.29) is 0 Å². The minimum Gasteiger partial charge on any atom is -0.389 e. The summed E-state index contributed by atoms with van der Waals surface area (Å²) in [6.07, 6.45) is 0. The Morgan fingerprint density at radius 1 is 1.33 bits per heavy atom. The first-order valence-electron chi connectivity index (χ1n) is 9.25. The van der Waals surface area contributed by atoms with Gasteiger partial charge in [0.15, 0.2) is 0 Å². The number of carbonyl (C=O) groups excluding carboxylic acids is 1. The highest BCUT2D eigenvalue weighted by atomic mass is 32.1. The second kappa shape index (κ2) is 8.06. The Bertz CT molecular complexity index is 782. The number of amides is 1. The zero-order chi connectivity index (χ0) is 19.6. The fourth-order valence-electron chi connectivity index (χ4n) is 3.49. The summed E-state index contributed by atoms with van der Waals surface area (Å²) in [5.41, 5.74) is 7.21. The Hall–Kier alpha value is -1.80. The molecule has 6 nitrogen and oxygen atoms in total. The molecule has 2 heterocycles. The van der Waals surface area contributed by atoms with Crippen LogP contribution in [0.1, 0.15) is 36.8 Å². The number of nitrogens with two attached hydrogens (primary N) is 1. The number of nitrogens with zero attached hydrogens (tertiary/aromatic N) is 3. The van der Waals surface area contributed by atoms with Crippen LogP contribution in [0, 0.1) is 0 Å². The lowest BCUT2D eigenvalue weighted by Gasteiger charge is -2.41. The number of benzene rings is 1. The van der Waals surface area contributed by atoms with Crippen LogP contribution in [0.2, 0.25) is 0 Å². The molecule has 7 heteroatoms. The van der Waals surface area contributed by atoms with E-state index >= 15 is 0 Å². The summed E-state index contributed by atoms with van der Waals surface area (Å²) in [7, 11) is 0. The summed E-state index contributed by atoms with van der Waals surface area (Å²) in [6.45, 7) is 10.4. The monoisotopic (exact) mass is 388 g/mol. The van der Waals surface area contributed by atoms with Gasteiger partial charge in [-0.2, -0.15) is 0 Å². The molecule has 1 aromatic heterocycles. The van der Waals surface area contributed by atoms with E-state index in [2.05, 4.69) is 22.1 Å². The van der Waals surface area contributed by atoms with Crippen molar-refractivity contribution in [1.82, 2.24) is 14.8 Å². The van der Waals surface area contributed by atoms with Gasteiger partial charge in [0.05, 0.1) is 11.3 Å². The first-order chi connectivity index (χ1) is 12.7. The molecule has 1 saturated heterocycles. The molecule has 2 aromatic rings. The molecule has 146 valence electrons. The molecule has 1 aliphatic heterocycles. The van der Waals surface area contributed by atoms with Crippen LogP contribution < -0.4 is 5.73 Å². The molecule has 1 aliphatic rings. The third kappa shape index (κ3) is 5.35. The molecule has 0 aliphatic carbocycles. The van der Waals surface area contributed by atoms with Gasteiger partial charge in [0, 0.05) is 55.3 Å². The number of carbonyl (C=O) groups is 1. The Balaban J connectivity index is 1.60. The molecule has 0 radical (unpaired) electrons. The van der Waals surface area contributed by atoms with Gasteiger partial charge in [-0.05, 0) is 32.9 Å². The lowest BCUT2D eigenvalue weighted by Crippen LogP contribution is -2.54. The number of aromatic nitrogens is 1. The van der Waals surface area contributed by atoms with E-state index in [0.29, 0.717) is 18.2 Å². The van der Waals surface area contributed by atoms with E-state index in [4.69, 9.17) is 10.7 Å². The number of β-amino-alcohol motifs (C(OH)–C–C–N with tert-alkyl or cyclic N) is 1. The van der Waals surface area contributed by atoms with E-state index < -0.39 is 11.5 Å². The van der Waals surface area contributed by atoms with E-state index in [1.807, 2.05) is 26.0 Å². The van der Waals surface area contributed by atoms with Crippen LogP contribution in [-0.4, -0.2) is 63.6 Å². The van der Waals surface area contributed by atoms with Crippen LogP contribution in [0.3, 0.4) is 0 Å². The normalized spacial score (nSPS) is 19.3. The molecule has 0 spiro atoms. The summed E-state index contributed by atoms with van der Waals surface area (Å²) >= 11 is 1.62. The molecule has 1 unspecified atom stereocenters. The highest BCUT2D eigenvalue weighted by Crippen LogP contribution is 2.25. The summed E-state index contributed by atoms with van der Waals surface area (Å²) in [4.78, 5) is 20.7. The van der Waals surface area contributed by atoms with E-state index in [1.54, 1.807) is 23.5 Å². The fourth-order valence-corrected chi connectivity index (χ4v) is 4.31. The van der Waals surface area contributed by atoms with Gasteiger partial charge in [-0.25, -0.2) is 4.98 Å². The first kappa shape index (κ1) is 19.9. The largest absolute Gasteiger partial charge is 0.389 e. The van der Waals surface area contributed by atoms with Gasteiger partial charge in [-0.15, -0.1) is 11.3 Å². The van der Waals surface area contributed by atoms with E-state index in [9.17, 15) is 9.90 Å². The quantitative estimate of drug-likeness (QED) is 0.793. The number of primary amides is 1. The smallest absolute Gasteiger partial charge is 0.248 e. The highest BCUT2D eigenvalue weighted by molar-refractivity contribution is 7.13. The number of piperazine rings is 1. The number of aliphatic hydroxyl groups is 1. The van der Waals surface area contributed by atoms with Gasteiger partial charge >= 0.3 is 0 Å². The minimum atomic E-state index is -0.657. The SMILES string of the molecule is CC1CN(CC(C)(C)O)CCN1Cc1csc(-c2ccc(C(N)=O)cc2)n1. The molecule has 1 amide bonds. The van der Waals surface area contributed by atoms with Crippen LogP contribution >= 0.6 is 11.3 Å². The zero-order valence-electron chi connectivity index (χ0n) is 16.2. The van der Waals surface area contributed by atoms with Crippen molar-refractivity contribution in [3.05, 3.63) is 40.9 Å². The van der Waals surface area contributed by atoms with Gasteiger partial charge in [-0.1, -0.05) is 12.1 Å². The Morgan fingerprint density at radius 3 is 2.63 bits per heavy atom. The number of rotatable bonds is 6.